The molecule has 7 nitrogen and oxygen atoms in total. The Balaban J connectivity index is 1.41. The number of esters is 1. The Morgan fingerprint density at radius 2 is 1.89 bits per heavy atom. The number of hydrogen-bond acceptors (Lipinski definition) is 5. The van der Waals surface area contributed by atoms with Gasteiger partial charge in [0.1, 0.15) is 5.75 Å². The van der Waals surface area contributed by atoms with Gasteiger partial charge < -0.3 is 19.7 Å². The van der Waals surface area contributed by atoms with Gasteiger partial charge in [-0.15, -0.1) is 0 Å². The number of nitrogens with zero attached hydrogens (tertiary/aromatic N) is 1. The van der Waals surface area contributed by atoms with E-state index in [1.54, 1.807) is 42.5 Å². The topological polar surface area (TPSA) is 84.9 Å². The van der Waals surface area contributed by atoms with Gasteiger partial charge in [0, 0.05) is 18.1 Å². The molecule has 0 aliphatic carbocycles. The maximum atomic E-state index is 12.1. The molecule has 0 spiro atoms. The Hall–Kier alpha value is -3.06. The molecule has 0 bridgehead atoms. The number of anilines is 1. The Labute approximate surface area is 167 Å². The number of nitrogens with one attached hydrogen (secondary N) is 1. The number of halogens is 1. The van der Waals surface area contributed by atoms with Crippen molar-refractivity contribution in [2.45, 2.75) is 13.0 Å². The number of para-hydroxylation sites is 2. The van der Waals surface area contributed by atoms with E-state index in [1.165, 1.54) is 4.90 Å². The van der Waals surface area contributed by atoms with Crippen LogP contribution in [0, 0.1) is 0 Å². The summed E-state index contributed by atoms with van der Waals surface area (Å²) < 4.78 is 10.3. The fourth-order valence-corrected chi connectivity index (χ4v) is 2.80. The zero-order valence-electron chi connectivity index (χ0n) is 15.0. The SMILES string of the molecule is O=C(COC(=O)CCN1C(=O)COc2ccccc21)NCc1ccc(Cl)cc1. The van der Waals surface area contributed by atoms with E-state index in [0.717, 1.165) is 5.56 Å². The third-order valence-electron chi connectivity index (χ3n) is 4.11. The van der Waals surface area contributed by atoms with Gasteiger partial charge in [0.25, 0.3) is 11.8 Å². The first-order valence-corrected chi connectivity index (χ1v) is 9.09. The van der Waals surface area contributed by atoms with E-state index in [0.29, 0.717) is 23.0 Å². The molecule has 3 rings (SSSR count). The lowest BCUT2D eigenvalue weighted by Gasteiger charge is -2.28. The summed E-state index contributed by atoms with van der Waals surface area (Å²) in [7, 11) is 0. The zero-order valence-corrected chi connectivity index (χ0v) is 15.8. The summed E-state index contributed by atoms with van der Waals surface area (Å²) >= 11 is 5.81. The second kappa shape index (κ2) is 9.23. The van der Waals surface area contributed by atoms with Crippen LogP contribution < -0.4 is 15.0 Å². The van der Waals surface area contributed by atoms with Crippen LogP contribution in [0.15, 0.2) is 48.5 Å². The van der Waals surface area contributed by atoms with Crippen LogP contribution >= 0.6 is 11.6 Å². The predicted molar refractivity (Wildman–Crippen MR) is 103 cm³/mol. The van der Waals surface area contributed by atoms with E-state index in [9.17, 15) is 14.4 Å². The van der Waals surface area contributed by atoms with Gasteiger partial charge in [-0.25, -0.2) is 0 Å². The van der Waals surface area contributed by atoms with Crippen LogP contribution in [0.3, 0.4) is 0 Å². The molecule has 0 aromatic heterocycles. The molecule has 8 heteroatoms. The summed E-state index contributed by atoms with van der Waals surface area (Å²) in [5.74, 6) is -0.598. The number of fused-ring (bicyclic) bond motifs is 1. The van der Waals surface area contributed by atoms with E-state index >= 15 is 0 Å². The summed E-state index contributed by atoms with van der Waals surface area (Å²) in [6.45, 7) is 0.0241. The summed E-state index contributed by atoms with van der Waals surface area (Å²) in [5.41, 5.74) is 1.50. The first-order chi connectivity index (χ1) is 13.5. The molecule has 28 heavy (non-hydrogen) atoms. The molecule has 1 aliphatic heterocycles. The van der Waals surface area contributed by atoms with Crippen molar-refractivity contribution in [1.82, 2.24) is 5.32 Å². The fraction of sp³-hybridized carbons (Fsp3) is 0.250. The number of rotatable bonds is 7. The van der Waals surface area contributed by atoms with Crippen LogP contribution in [-0.4, -0.2) is 37.5 Å². The summed E-state index contributed by atoms with van der Waals surface area (Å²) in [6.07, 6.45) is -0.0233. The van der Waals surface area contributed by atoms with E-state index in [4.69, 9.17) is 21.1 Å². The highest BCUT2D eigenvalue weighted by atomic mass is 35.5. The Morgan fingerprint density at radius 3 is 2.68 bits per heavy atom. The number of carbonyl (C=O) groups excluding carboxylic acids is 3. The van der Waals surface area contributed by atoms with Crippen LogP contribution in [0.25, 0.3) is 0 Å². The Morgan fingerprint density at radius 1 is 1.14 bits per heavy atom. The maximum Gasteiger partial charge on any atom is 0.308 e. The number of ether oxygens (including phenoxy) is 2. The van der Waals surface area contributed by atoms with Crippen molar-refractivity contribution < 1.29 is 23.9 Å². The normalized spacial score (nSPS) is 12.8. The van der Waals surface area contributed by atoms with Crippen LogP contribution in [0.4, 0.5) is 5.69 Å². The molecule has 2 aromatic carbocycles. The lowest BCUT2D eigenvalue weighted by atomic mass is 10.2. The van der Waals surface area contributed by atoms with Crippen molar-refractivity contribution in [3.8, 4) is 5.75 Å². The summed E-state index contributed by atoms with van der Waals surface area (Å²) in [6, 6.07) is 14.2. The van der Waals surface area contributed by atoms with Gasteiger partial charge in [0.15, 0.2) is 13.2 Å². The molecular formula is C20H19ClN2O5. The summed E-state index contributed by atoms with van der Waals surface area (Å²) in [5, 5.41) is 3.28. The smallest absolute Gasteiger partial charge is 0.308 e. The standard InChI is InChI=1S/C20H19ClN2O5/c21-15-7-5-14(6-8-15)11-22-18(24)12-28-20(26)9-10-23-16-3-1-2-4-17(16)27-13-19(23)25/h1-8H,9-13H2,(H,22,24). The minimum atomic E-state index is -0.557. The fourth-order valence-electron chi connectivity index (χ4n) is 2.67. The third-order valence-corrected chi connectivity index (χ3v) is 4.37. The molecule has 2 amide bonds. The highest BCUT2D eigenvalue weighted by Gasteiger charge is 2.25. The van der Waals surface area contributed by atoms with E-state index in [-0.39, 0.29) is 32.1 Å². The van der Waals surface area contributed by atoms with Crippen molar-refractivity contribution in [2.75, 3.05) is 24.7 Å². The number of hydrogen-bond donors (Lipinski definition) is 1. The first kappa shape index (κ1) is 19.7. The number of carbonyl (C=O) groups is 3. The monoisotopic (exact) mass is 402 g/mol. The van der Waals surface area contributed by atoms with Crippen LogP contribution in [-0.2, 0) is 25.7 Å². The summed E-state index contributed by atoms with van der Waals surface area (Å²) in [4.78, 5) is 37.3. The van der Waals surface area contributed by atoms with E-state index < -0.39 is 11.9 Å². The lowest BCUT2D eigenvalue weighted by Crippen LogP contribution is -2.40. The average Bonchev–Trinajstić information content (AvgIpc) is 2.71. The van der Waals surface area contributed by atoms with Gasteiger partial charge in [-0.1, -0.05) is 35.9 Å². The number of amides is 2. The molecule has 0 radical (unpaired) electrons. The maximum absolute atomic E-state index is 12.1. The highest BCUT2D eigenvalue weighted by Crippen LogP contribution is 2.31. The largest absolute Gasteiger partial charge is 0.482 e. The van der Waals surface area contributed by atoms with Crippen LogP contribution in [0.1, 0.15) is 12.0 Å². The average molecular weight is 403 g/mol. The molecule has 0 saturated heterocycles. The van der Waals surface area contributed by atoms with Crippen molar-refractivity contribution in [3.63, 3.8) is 0 Å². The minimum Gasteiger partial charge on any atom is -0.482 e. The molecule has 1 heterocycles. The molecule has 1 N–H and O–H groups in total. The van der Waals surface area contributed by atoms with Gasteiger partial charge in [0.2, 0.25) is 0 Å². The van der Waals surface area contributed by atoms with Crippen molar-refractivity contribution >= 4 is 35.1 Å². The molecule has 2 aromatic rings. The quantitative estimate of drug-likeness (QED) is 0.718. The molecule has 1 aliphatic rings. The molecule has 146 valence electrons. The van der Waals surface area contributed by atoms with Gasteiger partial charge in [-0.2, -0.15) is 0 Å². The van der Waals surface area contributed by atoms with Gasteiger partial charge in [0.05, 0.1) is 12.1 Å². The lowest BCUT2D eigenvalue weighted by molar-refractivity contribution is -0.148. The van der Waals surface area contributed by atoms with Crippen molar-refractivity contribution in [2.24, 2.45) is 0 Å². The molecule has 0 saturated carbocycles. The third kappa shape index (κ3) is 5.23. The van der Waals surface area contributed by atoms with Gasteiger partial charge in [-0.3, -0.25) is 14.4 Å². The van der Waals surface area contributed by atoms with Gasteiger partial charge >= 0.3 is 5.97 Å². The second-order valence-electron chi connectivity index (χ2n) is 6.12. The van der Waals surface area contributed by atoms with E-state index in [2.05, 4.69) is 5.32 Å². The Kier molecular flexibility index (Phi) is 6.49. The minimum absolute atomic E-state index is 0.0233. The molecule has 0 fully saturated rings. The Bertz CT molecular complexity index is 869. The highest BCUT2D eigenvalue weighted by molar-refractivity contribution is 6.30. The van der Waals surface area contributed by atoms with Crippen molar-refractivity contribution in [3.05, 3.63) is 59.1 Å². The molecule has 0 atom stereocenters. The first-order valence-electron chi connectivity index (χ1n) is 8.72. The van der Waals surface area contributed by atoms with Crippen molar-refractivity contribution in [1.29, 1.82) is 0 Å². The predicted octanol–water partition coefficient (Wildman–Crippen LogP) is 2.32. The van der Waals surface area contributed by atoms with E-state index in [1.807, 2.05) is 6.07 Å². The van der Waals surface area contributed by atoms with Crippen LogP contribution in [0.5, 0.6) is 5.75 Å². The molecular weight excluding hydrogens is 384 g/mol. The zero-order chi connectivity index (χ0) is 19.9. The molecule has 0 unspecified atom stereocenters. The number of benzene rings is 2. The van der Waals surface area contributed by atoms with Gasteiger partial charge in [-0.05, 0) is 29.8 Å². The van der Waals surface area contributed by atoms with Crippen LogP contribution in [0.2, 0.25) is 5.02 Å². The second-order valence-corrected chi connectivity index (χ2v) is 6.55.